The molecule has 3 N–H and O–H groups in total. The molecular weight excluding hydrogens is 358 g/mol. The Morgan fingerprint density at radius 2 is 1.36 bits per heavy atom. The number of carbonyl (C=O) groups excluding carboxylic acids is 2. The molecule has 0 atom stereocenters. The van der Waals surface area contributed by atoms with Crippen LogP contribution in [0.5, 0.6) is 17.2 Å². The summed E-state index contributed by atoms with van der Waals surface area (Å²) in [5, 5.41) is 8.23. The van der Waals surface area contributed by atoms with Gasteiger partial charge in [0.25, 0.3) is 0 Å². The van der Waals surface area contributed by atoms with Crippen molar-refractivity contribution in [2.45, 2.75) is 46.2 Å². The lowest BCUT2D eigenvalue weighted by atomic mass is 10.1. The average molecular weight is 385 g/mol. The minimum Gasteiger partial charge on any atom is -0.457 e. The maximum absolute atomic E-state index is 11.8. The maximum atomic E-state index is 11.8. The van der Waals surface area contributed by atoms with E-state index < -0.39 is 6.09 Å². The molecule has 0 aliphatic carbocycles. The van der Waals surface area contributed by atoms with Crippen LogP contribution in [0, 0.1) is 0 Å². The van der Waals surface area contributed by atoms with E-state index in [2.05, 4.69) is 16.0 Å². The Morgan fingerprint density at radius 1 is 0.857 bits per heavy atom. The van der Waals surface area contributed by atoms with Gasteiger partial charge in [0.2, 0.25) is 0 Å². The van der Waals surface area contributed by atoms with Gasteiger partial charge in [-0.3, -0.25) is 0 Å². The van der Waals surface area contributed by atoms with Crippen molar-refractivity contribution in [2.75, 3.05) is 5.32 Å². The molecule has 7 heteroatoms. The molecule has 0 spiro atoms. The highest BCUT2D eigenvalue weighted by Gasteiger charge is 2.15. The minimum atomic E-state index is -0.509. The van der Waals surface area contributed by atoms with E-state index in [1.165, 1.54) is 0 Å². The second-order valence-corrected chi connectivity index (χ2v) is 7.62. The van der Waals surface area contributed by atoms with E-state index in [4.69, 9.17) is 9.47 Å². The van der Waals surface area contributed by atoms with E-state index in [0.29, 0.717) is 22.9 Å². The van der Waals surface area contributed by atoms with Crippen LogP contribution in [0.4, 0.5) is 15.3 Å². The topological polar surface area (TPSA) is 88.7 Å². The van der Waals surface area contributed by atoms with Crippen molar-refractivity contribution in [3.8, 4) is 17.2 Å². The monoisotopic (exact) mass is 385 g/mol. The molecule has 150 valence electrons. The summed E-state index contributed by atoms with van der Waals surface area (Å²) in [5.74, 6) is 1.64. The Hall–Kier alpha value is -3.22. The summed E-state index contributed by atoms with van der Waals surface area (Å²) in [6.45, 7) is 9.42. The molecule has 0 fully saturated rings. The third-order valence-corrected chi connectivity index (χ3v) is 3.28. The summed E-state index contributed by atoms with van der Waals surface area (Å²) in [5.41, 5.74) is 0.301. The summed E-state index contributed by atoms with van der Waals surface area (Å²) in [7, 11) is 0. The maximum Gasteiger partial charge on any atom is 0.413 e. The normalized spacial score (nSPS) is 10.9. The van der Waals surface area contributed by atoms with Gasteiger partial charge in [-0.2, -0.15) is 0 Å². The average Bonchev–Trinajstić information content (AvgIpc) is 2.56. The summed E-state index contributed by atoms with van der Waals surface area (Å²) < 4.78 is 11.0. The largest absolute Gasteiger partial charge is 0.457 e. The van der Waals surface area contributed by atoms with Crippen LogP contribution < -0.4 is 25.4 Å². The second-order valence-electron chi connectivity index (χ2n) is 7.62. The third kappa shape index (κ3) is 7.57. The fourth-order valence-electron chi connectivity index (χ4n) is 2.19. The van der Waals surface area contributed by atoms with Crippen molar-refractivity contribution < 1.29 is 19.1 Å². The van der Waals surface area contributed by atoms with Crippen molar-refractivity contribution >= 4 is 17.8 Å². The molecule has 3 amide bonds. The molecule has 0 saturated carbocycles. The van der Waals surface area contributed by atoms with Crippen molar-refractivity contribution in [1.29, 1.82) is 0 Å². The number of rotatable bonds is 5. The fourth-order valence-corrected chi connectivity index (χ4v) is 2.19. The Kier molecular flexibility index (Phi) is 6.87. The number of urea groups is 1. The van der Waals surface area contributed by atoms with Gasteiger partial charge < -0.3 is 25.4 Å². The molecule has 0 saturated heterocycles. The van der Waals surface area contributed by atoms with Gasteiger partial charge in [0, 0.05) is 17.3 Å². The molecular formula is C21H27N3O4. The highest BCUT2D eigenvalue weighted by molar-refractivity contribution is 5.89. The summed E-state index contributed by atoms with van der Waals surface area (Å²) in [6, 6.07) is 13.6. The highest BCUT2D eigenvalue weighted by atomic mass is 16.6. The summed E-state index contributed by atoms with van der Waals surface area (Å²) >= 11 is 0. The molecule has 0 unspecified atom stereocenters. The van der Waals surface area contributed by atoms with Crippen molar-refractivity contribution in [3.05, 3.63) is 48.5 Å². The van der Waals surface area contributed by atoms with Crippen molar-refractivity contribution in [2.24, 2.45) is 0 Å². The minimum absolute atomic E-state index is 0.0640. The lowest BCUT2D eigenvalue weighted by molar-refractivity contribution is 0.190. The van der Waals surface area contributed by atoms with Crippen LogP contribution in [-0.2, 0) is 0 Å². The Morgan fingerprint density at radius 3 is 1.86 bits per heavy atom. The van der Waals surface area contributed by atoms with Crippen LogP contribution in [0.15, 0.2) is 48.5 Å². The fraction of sp³-hybridized carbons (Fsp3) is 0.333. The number of carbonyl (C=O) groups is 2. The van der Waals surface area contributed by atoms with Crippen LogP contribution in [0.25, 0.3) is 0 Å². The van der Waals surface area contributed by atoms with Gasteiger partial charge >= 0.3 is 12.1 Å². The predicted octanol–water partition coefficient (Wildman–Crippen LogP) is 4.90. The number of hydrogen-bond donors (Lipinski definition) is 3. The van der Waals surface area contributed by atoms with Gasteiger partial charge in [0.05, 0.1) is 0 Å². The first-order valence-corrected chi connectivity index (χ1v) is 9.06. The Balaban J connectivity index is 1.90. The zero-order valence-electron chi connectivity index (χ0n) is 16.8. The van der Waals surface area contributed by atoms with Gasteiger partial charge in [-0.05, 0) is 83.1 Å². The van der Waals surface area contributed by atoms with E-state index in [0.717, 1.165) is 0 Å². The molecule has 2 aromatic rings. The molecule has 0 radical (unpaired) electrons. The molecule has 0 heterocycles. The standard InChI is InChI=1S/C21H27N3O4/c1-14(2)22-19(25)23-15-6-8-16(9-7-15)27-17-10-12-18(13-11-17)28-20(26)24-21(3,4)5/h6-14H,1-5H3,(H,24,26)(H2,22,23,25). The van der Waals surface area contributed by atoms with Gasteiger partial charge in [-0.1, -0.05) is 0 Å². The number of hydrogen-bond acceptors (Lipinski definition) is 4. The van der Waals surface area contributed by atoms with E-state index in [1.807, 2.05) is 34.6 Å². The second kappa shape index (κ2) is 9.12. The Labute approximate surface area is 165 Å². The molecule has 2 rings (SSSR count). The van der Waals surface area contributed by atoms with Crippen LogP contribution in [0.2, 0.25) is 0 Å². The number of anilines is 1. The summed E-state index contributed by atoms with van der Waals surface area (Å²) in [6.07, 6.45) is -0.509. The first-order chi connectivity index (χ1) is 13.1. The van der Waals surface area contributed by atoms with Crippen LogP contribution in [0.3, 0.4) is 0 Å². The van der Waals surface area contributed by atoms with Gasteiger partial charge in [0.15, 0.2) is 0 Å². The number of benzene rings is 2. The molecule has 0 aliphatic heterocycles. The number of ether oxygens (including phenoxy) is 2. The van der Waals surface area contributed by atoms with Crippen LogP contribution in [0.1, 0.15) is 34.6 Å². The van der Waals surface area contributed by atoms with Crippen LogP contribution in [-0.4, -0.2) is 23.7 Å². The number of nitrogens with one attached hydrogen (secondary N) is 3. The molecule has 0 aliphatic rings. The quantitative estimate of drug-likeness (QED) is 0.683. The molecule has 7 nitrogen and oxygen atoms in total. The third-order valence-electron chi connectivity index (χ3n) is 3.28. The van der Waals surface area contributed by atoms with Gasteiger partial charge in [0.1, 0.15) is 17.2 Å². The summed E-state index contributed by atoms with van der Waals surface area (Å²) in [4.78, 5) is 23.5. The predicted molar refractivity (Wildman–Crippen MR) is 109 cm³/mol. The first-order valence-electron chi connectivity index (χ1n) is 9.06. The zero-order chi connectivity index (χ0) is 20.7. The SMILES string of the molecule is CC(C)NC(=O)Nc1ccc(Oc2ccc(OC(=O)NC(C)(C)C)cc2)cc1. The van der Waals surface area contributed by atoms with Gasteiger partial charge in [-0.15, -0.1) is 0 Å². The molecule has 0 aromatic heterocycles. The lowest BCUT2D eigenvalue weighted by Gasteiger charge is -2.19. The van der Waals surface area contributed by atoms with Crippen LogP contribution >= 0.6 is 0 Å². The van der Waals surface area contributed by atoms with E-state index in [-0.39, 0.29) is 17.6 Å². The van der Waals surface area contributed by atoms with Gasteiger partial charge in [-0.25, -0.2) is 9.59 Å². The molecule has 28 heavy (non-hydrogen) atoms. The Bertz CT molecular complexity index is 794. The van der Waals surface area contributed by atoms with Crippen molar-refractivity contribution in [3.63, 3.8) is 0 Å². The molecule has 0 bridgehead atoms. The van der Waals surface area contributed by atoms with E-state index in [9.17, 15) is 9.59 Å². The highest BCUT2D eigenvalue weighted by Crippen LogP contribution is 2.25. The van der Waals surface area contributed by atoms with E-state index >= 15 is 0 Å². The lowest BCUT2D eigenvalue weighted by Crippen LogP contribution is -2.42. The molecule has 2 aromatic carbocycles. The van der Waals surface area contributed by atoms with Crippen molar-refractivity contribution in [1.82, 2.24) is 10.6 Å². The smallest absolute Gasteiger partial charge is 0.413 e. The zero-order valence-corrected chi connectivity index (χ0v) is 16.8. The number of amides is 3. The first kappa shape index (κ1) is 21.1. The van der Waals surface area contributed by atoms with E-state index in [1.54, 1.807) is 48.5 Å².